The monoisotopic (exact) mass is 389 g/mol. The van der Waals surface area contributed by atoms with Crippen LogP contribution in [0.3, 0.4) is 0 Å². The minimum atomic E-state index is -0.865. The molecule has 140 valence electrons. The van der Waals surface area contributed by atoms with Gasteiger partial charge in [0.25, 0.3) is 0 Å². The molecule has 1 rings (SSSR count). The van der Waals surface area contributed by atoms with Gasteiger partial charge in [-0.2, -0.15) is 0 Å². The summed E-state index contributed by atoms with van der Waals surface area (Å²) in [5, 5.41) is 0.806. The van der Waals surface area contributed by atoms with Crippen LogP contribution in [0.4, 0.5) is 0 Å². The second-order valence-corrected chi connectivity index (χ2v) is 6.36. The number of unbranched alkanes of at least 4 members (excludes halogenated alkanes) is 1. The lowest BCUT2D eigenvalue weighted by Crippen LogP contribution is -2.39. The fourth-order valence-corrected chi connectivity index (χ4v) is 3.11. The number of methoxy groups -OCH3 is 1. The summed E-state index contributed by atoms with van der Waals surface area (Å²) in [7, 11) is 1.62. The summed E-state index contributed by atoms with van der Waals surface area (Å²) in [6.07, 6.45) is 1.81. The summed E-state index contributed by atoms with van der Waals surface area (Å²) in [5.74, 6) is -0.610. The Morgan fingerprint density at radius 3 is 2.28 bits per heavy atom. The lowest BCUT2D eigenvalue weighted by Gasteiger charge is -2.30. The average molecular weight is 390 g/mol. The van der Waals surface area contributed by atoms with Gasteiger partial charge >= 0.3 is 5.97 Å². The molecule has 0 spiro atoms. The van der Waals surface area contributed by atoms with Gasteiger partial charge in [0.05, 0.1) is 6.61 Å². The topological polar surface area (TPSA) is 55.8 Å². The van der Waals surface area contributed by atoms with Crippen molar-refractivity contribution >= 4 is 35.1 Å². The fraction of sp³-hybridized carbons (Fsp3) is 0.556. The first kappa shape index (κ1) is 21.7. The number of halogens is 2. The molecule has 1 amide bonds. The van der Waals surface area contributed by atoms with E-state index in [2.05, 4.69) is 0 Å². The molecule has 0 aliphatic heterocycles. The van der Waals surface area contributed by atoms with Gasteiger partial charge in [0.2, 0.25) is 5.91 Å². The molecular formula is C18H25Cl2NO4. The molecule has 0 saturated heterocycles. The van der Waals surface area contributed by atoms with Gasteiger partial charge in [0.1, 0.15) is 0 Å². The number of ether oxygens (including phenoxy) is 2. The number of esters is 1. The van der Waals surface area contributed by atoms with E-state index in [-0.39, 0.29) is 12.5 Å². The number of hydrogen-bond acceptors (Lipinski definition) is 4. The van der Waals surface area contributed by atoms with Crippen molar-refractivity contribution < 1.29 is 19.1 Å². The Labute approximate surface area is 159 Å². The molecule has 0 aliphatic rings. The van der Waals surface area contributed by atoms with Crippen molar-refractivity contribution in [2.45, 2.75) is 39.2 Å². The van der Waals surface area contributed by atoms with Crippen molar-refractivity contribution in [1.29, 1.82) is 0 Å². The van der Waals surface area contributed by atoms with Gasteiger partial charge in [-0.3, -0.25) is 4.79 Å². The molecule has 0 N–H and O–H groups in total. The van der Waals surface area contributed by atoms with Gasteiger partial charge in [-0.1, -0.05) is 23.2 Å². The van der Waals surface area contributed by atoms with Crippen molar-refractivity contribution in [3.8, 4) is 0 Å². The number of benzene rings is 1. The van der Waals surface area contributed by atoms with Gasteiger partial charge in [-0.15, -0.1) is 0 Å². The lowest BCUT2D eigenvalue weighted by atomic mass is 10.0. The van der Waals surface area contributed by atoms with E-state index in [1.807, 2.05) is 6.92 Å². The van der Waals surface area contributed by atoms with E-state index >= 15 is 0 Å². The zero-order valence-corrected chi connectivity index (χ0v) is 16.4. The highest BCUT2D eigenvalue weighted by Gasteiger charge is 2.31. The van der Waals surface area contributed by atoms with E-state index in [9.17, 15) is 9.59 Å². The van der Waals surface area contributed by atoms with Crippen LogP contribution in [0.5, 0.6) is 0 Å². The third-order valence-electron chi connectivity index (χ3n) is 3.67. The van der Waals surface area contributed by atoms with Crippen molar-refractivity contribution in [1.82, 2.24) is 4.90 Å². The van der Waals surface area contributed by atoms with Crippen LogP contribution in [0.25, 0.3) is 0 Å². The Morgan fingerprint density at radius 1 is 1.12 bits per heavy atom. The Bertz CT molecular complexity index is 560. The third kappa shape index (κ3) is 6.84. The number of carbonyl (C=O) groups is 2. The Balaban J connectivity index is 3.06. The summed E-state index contributed by atoms with van der Waals surface area (Å²) < 4.78 is 10.2. The van der Waals surface area contributed by atoms with Crippen LogP contribution in [0.15, 0.2) is 18.2 Å². The maximum Gasteiger partial charge on any atom is 0.333 e. The molecule has 1 unspecified atom stereocenters. The number of nitrogens with zero attached hydrogens (tertiary/aromatic N) is 1. The van der Waals surface area contributed by atoms with E-state index in [1.165, 1.54) is 4.90 Å². The number of likely N-dealkylation sites (N-methyl/N-ethyl adjacent to an activating group) is 1. The summed E-state index contributed by atoms with van der Waals surface area (Å²) in [4.78, 5) is 26.7. The largest absolute Gasteiger partial charge is 0.464 e. The highest BCUT2D eigenvalue weighted by atomic mass is 35.5. The van der Waals surface area contributed by atoms with Gasteiger partial charge in [-0.05, 0) is 50.5 Å². The standard InChI is InChI=1S/C18H25Cl2NO4/c1-4-21(16(22)8-6-7-9-24-3)17(18(23)25-5-2)13-10-14(19)12-15(20)11-13/h10-12,17H,4-9H2,1-3H3. The molecule has 0 fully saturated rings. The van der Waals surface area contributed by atoms with Crippen LogP contribution in [0.1, 0.15) is 44.7 Å². The number of carbonyl (C=O) groups excluding carboxylic acids is 2. The first-order valence-electron chi connectivity index (χ1n) is 8.35. The molecular weight excluding hydrogens is 365 g/mol. The van der Waals surface area contributed by atoms with Gasteiger partial charge in [0, 0.05) is 36.7 Å². The van der Waals surface area contributed by atoms with Crippen LogP contribution in [-0.2, 0) is 19.1 Å². The molecule has 1 atom stereocenters. The normalized spacial score (nSPS) is 11.9. The second-order valence-electron chi connectivity index (χ2n) is 5.49. The second kappa shape index (κ2) is 11.3. The molecule has 1 aromatic rings. The Kier molecular flexibility index (Phi) is 9.86. The Hall–Kier alpha value is -1.30. The quantitative estimate of drug-likeness (QED) is 0.443. The van der Waals surface area contributed by atoms with E-state index < -0.39 is 12.0 Å². The minimum Gasteiger partial charge on any atom is -0.464 e. The smallest absolute Gasteiger partial charge is 0.333 e. The maximum absolute atomic E-state index is 12.6. The SMILES string of the molecule is CCOC(=O)C(c1cc(Cl)cc(Cl)c1)N(CC)C(=O)CCCCOC. The first-order chi connectivity index (χ1) is 11.9. The predicted octanol–water partition coefficient (Wildman–Crippen LogP) is 4.26. The lowest BCUT2D eigenvalue weighted by molar-refractivity contribution is -0.155. The summed E-state index contributed by atoms with van der Waals surface area (Å²) in [5.41, 5.74) is 0.544. The van der Waals surface area contributed by atoms with Crippen molar-refractivity contribution in [3.05, 3.63) is 33.8 Å². The zero-order chi connectivity index (χ0) is 18.8. The molecule has 0 radical (unpaired) electrons. The molecule has 5 nitrogen and oxygen atoms in total. The summed E-state index contributed by atoms with van der Waals surface area (Å²) >= 11 is 12.1. The van der Waals surface area contributed by atoms with Crippen LogP contribution in [0, 0.1) is 0 Å². The van der Waals surface area contributed by atoms with Gasteiger partial charge < -0.3 is 14.4 Å². The molecule has 0 aromatic heterocycles. The van der Waals surface area contributed by atoms with E-state index in [4.69, 9.17) is 32.7 Å². The highest BCUT2D eigenvalue weighted by molar-refractivity contribution is 6.34. The van der Waals surface area contributed by atoms with Crippen LogP contribution in [0.2, 0.25) is 10.0 Å². The Morgan fingerprint density at radius 2 is 1.76 bits per heavy atom. The molecule has 7 heteroatoms. The van der Waals surface area contributed by atoms with Crippen LogP contribution >= 0.6 is 23.2 Å². The number of hydrogen-bond donors (Lipinski definition) is 0. The maximum atomic E-state index is 12.6. The summed E-state index contributed by atoms with van der Waals surface area (Å²) in [6, 6.07) is 3.99. The summed E-state index contributed by atoms with van der Waals surface area (Å²) in [6.45, 7) is 4.75. The zero-order valence-electron chi connectivity index (χ0n) is 14.9. The molecule has 25 heavy (non-hydrogen) atoms. The van der Waals surface area contributed by atoms with E-state index in [1.54, 1.807) is 32.2 Å². The van der Waals surface area contributed by atoms with Gasteiger partial charge in [0.15, 0.2) is 6.04 Å². The van der Waals surface area contributed by atoms with E-state index in [0.717, 1.165) is 6.42 Å². The molecule has 0 saturated carbocycles. The van der Waals surface area contributed by atoms with Crippen molar-refractivity contribution in [3.63, 3.8) is 0 Å². The molecule has 1 aromatic carbocycles. The fourth-order valence-electron chi connectivity index (χ4n) is 2.57. The van der Waals surface area contributed by atoms with Crippen LogP contribution < -0.4 is 0 Å². The molecule has 0 aliphatic carbocycles. The first-order valence-corrected chi connectivity index (χ1v) is 9.11. The van der Waals surface area contributed by atoms with Crippen LogP contribution in [-0.4, -0.2) is 43.6 Å². The third-order valence-corrected chi connectivity index (χ3v) is 4.11. The highest BCUT2D eigenvalue weighted by Crippen LogP contribution is 2.29. The number of amides is 1. The molecule has 0 heterocycles. The van der Waals surface area contributed by atoms with E-state index in [0.29, 0.717) is 41.6 Å². The van der Waals surface area contributed by atoms with Crippen molar-refractivity contribution in [2.24, 2.45) is 0 Å². The molecule has 0 bridgehead atoms. The minimum absolute atomic E-state index is 0.118. The predicted molar refractivity (Wildman–Crippen MR) is 99.0 cm³/mol. The number of rotatable bonds is 10. The van der Waals surface area contributed by atoms with Gasteiger partial charge in [-0.25, -0.2) is 4.79 Å². The average Bonchev–Trinajstić information content (AvgIpc) is 2.55. The van der Waals surface area contributed by atoms with Crippen molar-refractivity contribution in [2.75, 3.05) is 26.9 Å².